The molecule has 0 saturated carbocycles. The summed E-state index contributed by atoms with van der Waals surface area (Å²) < 4.78 is 0. The van der Waals surface area contributed by atoms with E-state index in [4.69, 9.17) is 5.21 Å². The molecule has 0 aliphatic heterocycles. The third kappa shape index (κ3) is 3.50. The van der Waals surface area contributed by atoms with Crippen LogP contribution in [0.5, 0.6) is 0 Å². The number of rotatable bonds is 4. The van der Waals surface area contributed by atoms with E-state index in [9.17, 15) is 10.1 Å². The van der Waals surface area contributed by atoms with Crippen molar-refractivity contribution in [2.45, 2.75) is 20.3 Å². The monoisotopic (exact) mass is 184 g/mol. The second kappa shape index (κ2) is 5.08. The van der Waals surface area contributed by atoms with Gasteiger partial charge in [-0.3, -0.25) is 10.1 Å². The van der Waals surface area contributed by atoms with Crippen LogP contribution in [0.4, 0.5) is 0 Å². The van der Waals surface area contributed by atoms with Crippen LogP contribution >= 0.6 is 0 Å². The van der Waals surface area contributed by atoms with Crippen LogP contribution in [0.1, 0.15) is 20.3 Å². The van der Waals surface area contributed by atoms with Gasteiger partial charge in [-0.1, -0.05) is 12.1 Å². The summed E-state index contributed by atoms with van der Waals surface area (Å²) in [5.74, 6) is 0. The minimum atomic E-state index is -0.589. The number of oxime groups is 1. The molecule has 0 bridgehead atoms. The van der Waals surface area contributed by atoms with Gasteiger partial charge in [-0.05, 0) is 25.5 Å². The largest absolute Gasteiger partial charge is 0.411 e. The summed E-state index contributed by atoms with van der Waals surface area (Å²) in [5.41, 5.74) is 0.752. The van der Waals surface area contributed by atoms with Gasteiger partial charge in [-0.25, -0.2) is 0 Å². The van der Waals surface area contributed by atoms with Gasteiger partial charge in [0.1, 0.15) is 0 Å². The molecule has 0 atom stereocenters. The van der Waals surface area contributed by atoms with Crippen molar-refractivity contribution in [2.75, 3.05) is 0 Å². The van der Waals surface area contributed by atoms with Crippen molar-refractivity contribution in [2.24, 2.45) is 5.16 Å². The van der Waals surface area contributed by atoms with E-state index in [2.05, 4.69) is 11.7 Å². The van der Waals surface area contributed by atoms with Crippen molar-refractivity contribution in [3.05, 3.63) is 34.0 Å². The van der Waals surface area contributed by atoms with E-state index in [1.165, 1.54) is 6.08 Å². The summed E-state index contributed by atoms with van der Waals surface area (Å²) >= 11 is 0. The Balaban J connectivity index is 4.67. The molecular formula is C8H12N2O3. The maximum Gasteiger partial charge on any atom is 0.262 e. The highest BCUT2D eigenvalue weighted by atomic mass is 16.6. The Bertz CT molecular complexity index is 279. The van der Waals surface area contributed by atoms with Crippen molar-refractivity contribution in [3.8, 4) is 0 Å². The molecular weight excluding hydrogens is 172 g/mol. The predicted octanol–water partition coefficient (Wildman–Crippen LogP) is 1.96. The van der Waals surface area contributed by atoms with Crippen molar-refractivity contribution >= 4 is 5.71 Å². The van der Waals surface area contributed by atoms with E-state index in [1.807, 2.05) is 0 Å². The molecule has 0 heterocycles. The van der Waals surface area contributed by atoms with Crippen molar-refractivity contribution < 1.29 is 10.1 Å². The Morgan fingerprint density at radius 3 is 2.62 bits per heavy atom. The fourth-order valence-corrected chi connectivity index (χ4v) is 0.814. The van der Waals surface area contributed by atoms with Crippen LogP contribution in [0.2, 0.25) is 0 Å². The second-order valence-electron chi connectivity index (χ2n) is 2.48. The van der Waals surface area contributed by atoms with Crippen molar-refractivity contribution in [1.82, 2.24) is 0 Å². The fourth-order valence-electron chi connectivity index (χ4n) is 0.814. The van der Waals surface area contributed by atoms with Gasteiger partial charge < -0.3 is 5.21 Å². The number of hydrogen-bond acceptors (Lipinski definition) is 4. The lowest BCUT2D eigenvalue weighted by Crippen LogP contribution is -2.01. The highest BCUT2D eigenvalue weighted by Crippen LogP contribution is 2.05. The molecule has 0 fully saturated rings. The minimum absolute atomic E-state index is 0.216. The molecule has 0 amide bonds. The topological polar surface area (TPSA) is 75.7 Å². The lowest BCUT2D eigenvalue weighted by molar-refractivity contribution is -0.418. The Morgan fingerprint density at radius 2 is 2.31 bits per heavy atom. The lowest BCUT2D eigenvalue weighted by Gasteiger charge is -1.99. The first-order valence-corrected chi connectivity index (χ1v) is 3.75. The first-order chi connectivity index (χ1) is 6.02. The molecule has 0 saturated heterocycles. The molecule has 0 radical (unpaired) electrons. The molecule has 5 nitrogen and oxygen atoms in total. The van der Waals surface area contributed by atoms with Gasteiger partial charge in [0, 0.05) is 6.08 Å². The summed E-state index contributed by atoms with van der Waals surface area (Å²) in [6.07, 6.45) is 1.79. The van der Waals surface area contributed by atoms with Crippen LogP contribution in [-0.2, 0) is 0 Å². The summed E-state index contributed by atoms with van der Waals surface area (Å²) in [5, 5.41) is 21.7. The molecule has 72 valence electrons. The van der Waals surface area contributed by atoms with Gasteiger partial charge >= 0.3 is 0 Å². The molecule has 0 aliphatic rings. The zero-order chi connectivity index (χ0) is 10.4. The van der Waals surface area contributed by atoms with Crippen LogP contribution < -0.4 is 0 Å². The number of nitrogens with zero attached hydrogens (tertiary/aromatic N) is 2. The summed E-state index contributed by atoms with van der Waals surface area (Å²) in [6.45, 7) is 6.66. The maximum atomic E-state index is 10.2. The first-order valence-electron chi connectivity index (χ1n) is 3.75. The summed E-state index contributed by atoms with van der Waals surface area (Å²) in [6, 6.07) is 0. The first kappa shape index (κ1) is 11.4. The Hall–Kier alpha value is -1.65. The normalized spacial score (nSPS) is 12.8. The molecule has 0 aromatic rings. The number of nitro groups is 1. The molecule has 0 rings (SSSR count). The summed E-state index contributed by atoms with van der Waals surface area (Å²) in [7, 11) is 0. The van der Waals surface area contributed by atoms with E-state index < -0.39 is 4.92 Å². The molecule has 0 aromatic carbocycles. The summed E-state index contributed by atoms with van der Waals surface area (Å²) in [4.78, 5) is 9.60. The third-order valence-corrected chi connectivity index (χ3v) is 1.53. The average molecular weight is 184 g/mol. The van der Waals surface area contributed by atoms with Gasteiger partial charge in [-0.15, -0.1) is 0 Å². The molecule has 1 N–H and O–H groups in total. The van der Waals surface area contributed by atoms with Gasteiger partial charge in [-0.2, -0.15) is 0 Å². The zero-order valence-electron chi connectivity index (χ0n) is 7.65. The molecule has 13 heavy (non-hydrogen) atoms. The average Bonchev–Trinajstić information content (AvgIpc) is 2.06. The van der Waals surface area contributed by atoms with Crippen LogP contribution in [0.25, 0.3) is 0 Å². The predicted molar refractivity (Wildman–Crippen MR) is 49.4 cm³/mol. The minimum Gasteiger partial charge on any atom is -0.411 e. The number of hydrogen-bond donors (Lipinski definition) is 1. The SMILES string of the molecule is C=C(/C=C(C)/C(CC)=N/O)[N+](=O)[O-]. The van der Waals surface area contributed by atoms with Gasteiger partial charge in [0.15, 0.2) is 0 Å². The van der Waals surface area contributed by atoms with E-state index in [-0.39, 0.29) is 5.70 Å². The van der Waals surface area contributed by atoms with E-state index in [1.54, 1.807) is 13.8 Å². The standard InChI is InChI=1S/C8H12N2O3/c1-4-8(9-11)6(2)5-7(3)10(12)13/h5,11H,3-4H2,1-2H3/b6-5+,9-8+. The van der Waals surface area contributed by atoms with E-state index in [0.29, 0.717) is 17.7 Å². The van der Waals surface area contributed by atoms with Crippen molar-refractivity contribution in [3.63, 3.8) is 0 Å². The number of allylic oxidation sites excluding steroid dienone is 2. The van der Waals surface area contributed by atoms with Crippen LogP contribution in [0.3, 0.4) is 0 Å². The van der Waals surface area contributed by atoms with Crippen molar-refractivity contribution in [1.29, 1.82) is 0 Å². The lowest BCUT2D eigenvalue weighted by atomic mass is 10.1. The van der Waals surface area contributed by atoms with Gasteiger partial charge in [0.05, 0.1) is 10.6 Å². The third-order valence-electron chi connectivity index (χ3n) is 1.53. The van der Waals surface area contributed by atoms with Gasteiger partial charge in [0.25, 0.3) is 5.70 Å². The van der Waals surface area contributed by atoms with E-state index in [0.717, 1.165) is 0 Å². The highest BCUT2D eigenvalue weighted by molar-refractivity contribution is 5.99. The molecule has 0 aliphatic carbocycles. The van der Waals surface area contributed by atoms with E-state index >= 15 is 0 Å². The Kier molecular flexibility index (Phi) is 4.43. The Labute approximate surface area is 76.2 Å². The maximum absolute atomic E-state index is 10.2. The smallest absolute Gasteiger partial charge is 0.262 e. The Morgan fingerprint density at radius 1 is 1.77 bits per heavy atom. The fraction of sp³-hybridized carbons (Fsp3) is 0.375. The quantitative estimate of drug-likeness (QED) is 0.238. The van der Waals surface area contributed by atoms with Gasteiger partial charge in [0.2, 0.25) is 0 Å². The van der Waals surface area contributed by atoms with Crippen LogP contribution in [-0.4, -0.2) is 15.8 Å². The molecule has 0 aromatic heterocycles. The van der Waals surface area contributed by atoms with Crippen LogP contribution in [0.15, 0.2) is 29.1 Å². The van der Waals surface area contributed by atoms with Crippen LogP contribution in [0, 0.1) is 10.1 Å². The second-order valence-corrected chi connectivity index (χ2v) is 2.48. The highest BCUT2D eigenvalue weighted by Gasteiger charge is 2.06. The molecule has 5 heteroatoms. The molecule has 0 unspecified atom stereocenters. The molecule has 0 spiro atoms. The zero-order valence-corrected chi connectivity index (χ0v) is 7.65.